The van der Waals surface area contributed by atoms with E-state index in [1.165, 1.54) is 4.88 Å². The largest absolute Gasteiger partial charge is 0.378 e. The molecule has 0 spiro atoms. The van der Waals surface area contributed by atoms with E-state index in [0.29, 0.717) is 12.6 Å². The summed E-state index contributed by atoms with van der Waals surface area (Å²) in [4.78, 5) is 1.39. The van der Waals surface area contributed by atoms with Crippen LogP contribution in [-0.2, 0) is 11.2 Å². The van der Waals surface area contributed by atoms with Crippen LogP contribution < -0.4 is 5.73 Å². The first-order chi connectivity index (χ1) is 6.33. The van der Waals surface area contributed by atoms with Gasteiger partial charge in [0, 0.05) is 11.3 Å². The molecule has 1 aromatic rings. The van der Waals surface area contributed by atoms with Crippen molar-refractivity contribution in [2.45, 2.75) is 25.9 Å². The van der Waals surface area contributed by atoms with Crippen LogP contribution >= 0.6 is 11.3 Å². The summed E-state index contributed by atoms with van der Waals surface area (Å²) >= 11 is 1.78. The second kappa shape index (κ2) is 6.13. The monoisotopic (exact) mass is 199 g/mol. The zero-order valence-electron chi connectivity index (χ0n) is 8.03. The molecule has 0 saturated carbocycles. The second-order valence-electron chi connectivity index (χ2n) is 3.09. The molecule has 2 N–H and O–H groups in total. The zero-order chi connectivity index (χ0) is 9.52. The van der Waals surface area contributed by atoms with Gasteiger partial charge in [0.15, 0.2) is 0 Å². The minimum Gasteiger partial charge on any atom is -0.378 e. The van der Waals surface area contributed by atoms with Gasteiger partial charge in [-0.25, -0.2) is 0 Å². The third-order valence-electron chi connectivity index (χ3n) is 1.90. The number of hydrogen-bond donors (Lipinski definition) is 1. The molecule has 0 aliphatic heterocycles. The lowest BCUT2D eigenvalue weighted by Gasteiger charge is -2.10. The fourth-order valence-electron chi connectivity index (χ4n) is 1.13. The molecule has 74 valence electrons. The van der Waals surface area contributed by atoms with E-state index in [-0.39, 0.29) is 0 Å². The van der Waals surface area contributed by atoms with Gasteiger partial charge >= 0.3 is 0 Å². The van der Waals surface area contributed by atoms with Crippen LogP contribution in [0.25, 0.3) is 0 Å². The molecule has 2 nitrogen and oxygen atoms in total. The van der Waals surface area contributed by atoms with Gasteiger partial charge in [0.1, 0.15) is 0 Å². The Balaban J connectivity index is 2.07. The standard InChI is InChI=1S/C10H17NOS/c1-9(4-6-11)12-7-5-10-3-2-8-13-10/h2-3,8-9H,4-7,11H2,1H3. The Labute approximate surface area is 83.7 Å². The highest BCUT2D eigenvalue weighted by Crippen LogP contribution is 2.09. The van der Waals surface area contributed by atoms with E-state index >= 15 is 0 Å². The summed E-state index contributed by atoms with van der Waals surface area (Å²) in [5.41, 5.74) is 5.42. The molecule has 1 heterocycles. The minimum atomic E-state index is 0.296. The number of hydrogen-bond acceptors (Lipinski definition) is 3. The molecule has 3 heteroatoms. The lowest BCUT2D eigenvalue weighted by atomic mass is 10.3. The van der Waals surface area contributed by atoms with Crippen molar-refractivity contribution in [3.63, 3.8) is 0 Å². The molecule has 1 atom stereocenters. The van der Waals surface area contributed by atoms with E-state index in [1.807, 2.05) is 0 Å². The SMILES string of the molecule is CC(CCN)OCCc1cccs1. The summed E-state index contributed by atoms with van der Waals surface area (Å²) in [6.07, 6.45) is 2.27. The van der Waals surface area contributed by atoms with Gasteiger partial charge in [0.2, 0.25) is 0 Å². The topological polar surface area (TPSA) is 35.2 Å². The first kappa shape index (κ1) is 10.7. The van der Waals surface area contributed by atoms with Crippen molar-refractivity contribution >= 4 is 11.3 Å². The first-order valence-corrected chi connectivity index (χ1v) is 5.55. The first-order valence-electron chi connectivity index (χ1n) is 4.67. The number of rotatable bonds is 6. The van der Waals surface area contributed by atoms with Crippen molar-refractivity contribution in [3.8, 4) is 0 Å². The van der Waals surface area contributed by atoms with Gasteiger partial charge in [0.25, 0.3) is 0 Å². The maximum Gasteiger partial charge on any atom is 0.0559 e. The van der Waals surface area contributed by atoms with E-state index < -0.39 is 0 Å². The number of ether oxygens (including phenoxy) is 1. The second-order valence-corrected chi connectivity index (χ2v) is 4.12. The molecule has 13 heavy (non-hydrogen) atoms. The number of nitrogens with two attached hydrogens (primary N) is 1. The van der Waals surface area contributed by atoms with E-state index in [0.717, 1.165) is 19.4 Å². The maximum atomic E-state index is 5.58. The fraction of sp³-hybridized carbons (Fsp3) is 0.600. The van der Waals surface area contributed by atoms with Gasteiger partial charge < -0.3 is 10.5 Å². The molecule has 0 aliphatic carbocycles. The predicted octanol–water partition coefficient (Wildman–Crippen LogP) is 2.04. The van der Waals surface area contributed by atoms with Crippen LogP contribution in [0.2, 0.25) is 0 Å². The van der Waals surface area contributed by atoms with Crippen LogP contribution in [0.4, 0.5) is 0 Å². The van der Waals surface area contributed by atoms with E-state index in [1.54, 1.807) is 11.3 Å². The molecule has 0 fully saturated rings. The van der Waals surface area contributed by atoms with Crippen LogP contribution in [0.1, 0.15) is 18.2 Å². The average molecular weight is 199 g/mol. The maximum absolute atomic E-state index is 5.58. The van der Waals surface area contributed by atoms with Crippen LogP contribution in [-0.4, -0.2) is 19.3 Å². The Hall–Kier alpha value is -0.380. The van der Waals surface area contributed by atoms with Gasteiger partial charge in [-0.1, -0.05) is 6.07 Å². The third-order valence-corrected chi connectivity index (χ3v) is 2.84. The van der Waals surface area contributed by atoms with Gasteiger partial charge in [-0.2, -0.15) is 0 Å². The highest BCUT2D eigenvalue weighted by atomic mass is 32.1. The molecule has 1 unspecified atom stereocenters. The smallest absolute Gasteiger partial charge is 0.0559 e. The quantitative estimate of drug-likeness (QED) is 0.761. The molecular weight excluding hydrogens is 182 g/mol. The summed E-state index contributed by atoms with van der Waals surface area (Å²) < 4.78 is 5.58. The summed E-state index contributed by atoms with van der Waals surface area (Å²) in [5, 5.41) is 2.10. The Morgan fingerprint density at radius 1 is 1.62 bits per heavy atom. The Morgan fingerprint density at radius 2 is 2.46 bits per heavy atom. The normalized spacial score (nSPS) is 13.1. The highest BCUT2D eigenvalue weighted by molar-refractivity contribution is 7.09. The predicted molar refractivity (Wildman–Crippen MR) is 57.1 cm³/mol. The minimum absolute atomic E-state index is 0.296. The van der Waals surface area contributed by atoms with Crippen LogP contribution in [0.15, 0.2) is 17.5 Å². The highest BCUT2D eigenvalue weighted by Gasteiger charge is 2.00. The van der Waals surface area contributed by atoms with Crippen molar-refractivity contribution in [1.29, 1.82) is 0 Å². The molecule has 1 rings (SSSR count). The molecule has 0 saturated heterocycles. The van der Waals surface area contributed by atoms with Crippen molar-refractivity contribution in [2.24, 2.45) is 5.73 Å². The van der Waals surface area contributed by atoms with Crippen molar-refractivity contribution in [2.75, 3.05) is 13.2 Å². The lowest BCUT2D eigenvalue weighted by Crippen LogP contribution is -2.15. The molecule has 0 aliphatic rings. The molecule has 0 bridgehead atoms. The Bertz CT molecular complexity index is 211. The Kier molecular flexibility index (Phi) is 5.05. The third kappa shape index (κ3) is 4.41. The van der Waals surface area contributed by atoms with Crippen LogP contribution in [0, 0.1) is 0 Å². The van der Waals surface area contributed by atoms with Crippen molar-refractivity contribution in [1.82, 2.24) is 0 Å². The summed E-state index contributed by atoms with van der Waals surface area (Å²) in [6.45, 7) is 3.59. The molecule has 0 radical (unpaired) electrons. The van der Waals surface area contributed by atoms with E-state index in [9.17, 15) is 0 Å². The van der Waals surface area contributed by atoms with E-state index in [2.05, 4.69) is 24.4 Å². The summed E-state index contributed by atoms with van der Waals surface area (Å²) in [5.74, 6) is 0. The molecule has 0 aromatic carbocycles. The summed E-state index contributed by atoms with van der Waals surface area (Å²) in [7, 11) is 0. The van der Waals surface area contributed by atoms with E-state index in [4.69, 9.17) is 10.5 Å². The van der Waals surface area contributed by atoms with Gasteiger partial charge in [-0.3, -0.25) is 0 Å². The Morgan fingerprint density at radius 3 is 3.08 bits per heavy atom. The van der Waals surface area contributed by atoms with Gasteiger partial charge in [-0.15, -0.1) is 11.3 Å². The molecular formula is C10H17NOS. The van der Waals surface area contributed by atoms with Crippen LogP contribution in [0.3, 0.4) is 0 Å². The lowest BCUT2D eigenvalue weighted by molar-refractivity contribution is 0.0646. The average Bonchev–Trinajstić information content (AvgIpc) is 2.57. The van der Waals surface area contributed by atoms with Crippen molar-refractivity contribution < 1.29 is 4.74 Å². The van der Waals surface area contributed by atoms with Gasteiger partial charge in [-0.05, 0) is 31.3 Å². The molecule has 0 amide bonds. The van der Waals surface area contributed by atoms with Crippen LogP contribution in [0.5, 0.6) is 0 Å². The van der Waals surface area contributed by atoms with Crippen molar-refractivity contribution in [3.05, 3.63) is 22.4 Å². The number of thiophene rings is 1. The van der Waals surface area contributed by atoms with Gasteiger partial charge in [0.05, 0.1) is 12.7 Å². The summed E-state index contributed by atoms with van der Waals surface area (Å²) in [6, 6.07) is 4.21. The fourth-order valence-corrected chi connectivity index (χ4v) is 1.82. The molecule has 1 aromatic heterocycles. The zero-order valence-corrected chi connectivity index (χ0v) is 8.85.